The van der Waals surface area contributed by atoms with Gasteiger partial charge in [-0.15, -0.1) is 0 Å². The molecule has 0 aliphatic carbocycles. The highest BCUT2D eigenvalue weighted by molar-refractivity contribution is 6.36. The molecule has 0 atom stereocenters. The monoisotopic (exact) mass is 391 g/mol. The quantitative estimate of drug-likeness (QED) is 0.625. The third-order valence-electron chi connectivity index (χ3n) is 3.51. The standard InChI is InChI=1S/C19H15Cl2NO4/c1-10(2)25-12-4-5-13-14(9-18(23)26-17(13)8-12)19(24)22-16-7-11(20)3-6-15(16)21/h3-10H,1-2H3,(H,22,24). The van der Waals surface area contributed by atoms with Crippen LogP contribution < -0.4 is 15.7 Å². The van der Waals surface area contributed by atoms with Crippen molar-refractivity contribution in [3.05, 3.63) is 68.5 Å². The second-order valence-electron chi connectivity index (χ2n) is 5.88. The van der Waals surface area contributed by atoms with Crippen LogP contribution in [0.4, 0.5) is 5.69 Å². The van der Waals surface area contributed by atoms with E-state index in [4.69, 9.17) is 32.4 Å². The van der Waals surface area contributed by atoms with Gasteiger partial charge in [0.05, 0.1) is 22.4 Å². The van der Waals surface area contributed by atoms with E-state index in [0.29, 0.717) is 26.9 Å². The van der Waals surface area contributed by atoms with Crippen LogP contribution in [-0.4, -0.2) is 12.0 Å². The van der Waals surface area contributed by atoms with Crippen LogP contribution in [0.1, 0.15) is 24.2 Å². The van der Waals surface area contributed by atoms with Crippen molar-refractivity contribution in [3.63, 3.8) is 0 Å². The Morgan fingerprint density at radius 2 is 1.88 bits per heavy atom. The first-order chi connectivity index (χ1) is 12.3. The molecule has 3 rings (SSSR count). The summed E-state index contributed by atoms with van der Waals surface area (Å²) in [7, 11) is 0. The van der Waals surface area contributed by atoms with Crippen molar-refractivity contribution < 1.29 is 13.9 Å². The average molecular weight is 392 g/mol. The van der Waals surface area contributed by atoms with Gasteiger partial charge >= 0.3 is 5.63 Å². The lowest BCUT2D eigenvalue weighted by molar-refractivity contribution is 0.102. The van der Waals surface area contributed by atoms with Gasteiger partial charge in [-0.05, 0) is 44.2 Å². The van der Waals surface area contributed by atoms with Crippen LogP contribution in [-0.2, 0) is 0 Å². The summed E-state index contributed by atoms with van der Waals surface area (Å²) in [5.41, 5.74) is 0.147. The highest BCUT2D eigenvalue weighted by atomic mass is 35.5. The lowest BCUT2D eigenvalue weighted by atomic mass is 10.1. The second-order valence-corrected chi connectivity index (χ2v) is 6.73. The van der Waals surface area contributed by atoms with E-state index < -0.39 is 11.5 Å². The maximum atomic E-state index is 12.7. The van der Waals surface area contributed by atoms with E-state index in [1.165, 1.54) is 6.07 Å². The molecule has 0 saturated carbocycles. The first-order valence-corrected chi connectivity index (χ1v) is 8.60. The maximum Gasteiger partial charge on any atom is 0.337 e. The lowest BCUT2D eigenvalue weighted by Gasteiger charge is -2.12. The van der Waals surface area contributed by atoms with Crippen LogP contribution >= 0.6 is 23.2 Å². The molecule has 0 bridgehead atoms. The van der Waals surface area contributed by atoms with E-state index in [0.717, 1.165) is 6.07 Å². The van der Waals surface area contributed by atoms with E-state index in [1.807, 2.05) is 13.8 Å². The summed E-state index contributed by atoms with van der Waals surface area (Å²) in [4.78, 5) is 24.6. The van der Waals surface area contributed by atoms with Crippen LogP contribution in [0.15, 0.2) is 51.7 Å². The molecular formula is C19H15Cl2NO4. The number of fused-ring (bicyclic) bond motifs is 1. The van der Waals surface area contributed by atoms with Gasteiger partial charge < -0.3 is 14.5 Å². The normalized spacial score (nSPS) is 11.0. The van der Waals surface area contributed by atoms with Crippen LogP contribution in [0.5, 0.6) is 5.75 Å². The predicted octanol–water partition coefficient (Wildman–Crippen LogP) is 5.14. The summed E-state index contributed by atoms with van der Waals surface area (Å²) in [6, 6.07) is 10.8. The fraction of sp³-hybridized carbons (Fsp3) is 0.158. The second kappa shape index (κ2) is 7.40. The molecule has 0 saturated heterocycles. The van der Waals surface area contributed by atoms with Gasteiger partial charge in [-0.3, -0.25) is 4.79 Å². The van der Waals surface area contributed by atoms with E-state index >= 15 is 0 Å². The number of ether oxygens (including phenoxy) is 1. The van der Waals surface area contributed by atoms with Gasteiger partial charge in [0.1, 0.15) is 11.3 Å². The number of hydrogen-bond donors (Lipinski definition) is 1. The van der Waals surface area contributed by atoms with E-state index in [1.54, 1.807) is 30.3 Å². The molecule has 0 aliphatic heterocycles. The SMILES string of the molecule is CC(C)Oc1ccc2c(C(=O)Nc3cc(Cl)ccc3Cl)cc(=O)oc2c1. The Morgan fingerprint density at radius 3 is 2.62 bits per heavy atom. The molecule has 0 unspecified atom stereocenters. The highest BCUT2D eigenvalue weighted by Crippen LogP contribution is 2.28. The van der Waals surface area contributed by atoms with Crippen molar-refractivity contribution in [2.75, 3.05) is 5.32 Å². The minimum atomic E-state index is -0.637. The average Bonchev–Trinajstić information content (AvgIpc) is 2.56. The molecule has 1 amide bonds. The van der Waals surface area contributed by atoms with Gasteiger partial charge in [-0.1, -0.05) is 23.2 Å². The van der Waals surface area contributed by atoms with Crippen molar-refractivity contribution in [2.45, 2.75) is 20.0 Å². The first-order valence-electron chi connectivity index (χ1n) is 7.84. The molecule has 2 aromatic carbocycles. The predicted molar refractivity (Wildman–Crippen MR) is 103 cm³/mol. The molecule has 1 heterocycles. The Labute approximate surface area is 159 Å². The van der Waals surface area contributed by atoms with E-state index in [-0.39, 0.29) is 17.3 Å². The molecule has 134 valence electrons. The third-order valence-corrected chi connectivity index (χ3v) is 4.07. The summed E-state index contributed by atoms with van der Waals surface area (Å²) in [5.74, 6) is 0.0516. The van der Waals surface area contributed by atoms with Gasteiger partial charge in [-0.2, -0.15) is 0 Å². The molecule has 0 aliphatic rings. The van der Waals surface area contributed by atoms with E-state index in [9.17, 15) is 9.59 Å². The number of anilines is 1. The van der Waals surface area contributed by atoms with Crippen molar-refractivity contribution in [2.24, 2.45) is 0 Å². The molecule has 3 aromatic rings. The summed E-state index contributed by atoms with van der Waals surface area (Å²) < 4.78 is 10.8. The summed E-state index contributed by atoms with van der Waals surface area (Å²) in [6.45, 7) is 3.78. The zero-order chi connectivity index (χ0) is 18.8. The minimum Gasteiger partial charge on any atom is -0.491 e. The number of benzene rings is 2. The number of carbonyl (C=O) groups excluding carboxylic acids is 1. The highest BCUT2D eigenvalue weighted by Gasteiger charge is 2.16. The molecular weight excluding hydrogens is 377 g/mol. The maximum absolute atomic E-state index is 12.7. The van der Waals surface area contributed by atoms with Crippen molar-refractivity contribution in [1.29, 1.82) is 0 Å². The summed E-state index contributed by atoms with van der Waals surface area (Å²) >= 11 is 12.0. The molecule has 5 nitrogen and oxygen atoms in total. The van der Waals surface area contributed by atoms with Gasteiger partial charge in [0.25, 0.3) is 5.91 Å². The molecule has 0 radical (unpaired) electrons. The fourth-order valence-corrected chi connectivity index (χ4v) is 2.80. The fourth-order valence-electron chi connectivity index (χ4n) is 2.46. The van der Waals surface area contributed by atoms with Gasteiger partial charge in [0, 0.05) is 22.5 Å². The summed E-state index contributed by atoms with van der Waals surface area (Å²) in [5, 5.41) is 3.91. The molecule has 1 N–H and O–H groups in total. The van der Waals surface area contributed by atoms with Crippen molar-refractivity contribution in [1.82, 2.24) is 0 Å². The number of halogens is 2. The molecule has 7 heteroatoms. The van der Waals surface area contributed by atoms with Crippen LogP contribution in [0, 0.1) is 0 Å². The van der Waals surface area contributed by atoms with Crippen molar-refractivity contribution in [3.8, 4) is 5.75 Å². The topological polar surface area (TPSA) is 68.5 Å². The Morgan fingerprint density at radius 1 is 1.12 bits per heavy atom. The Bertz CT molecular complexity index is 1040. The molecule has 0 fully saturated rings. The Kier molecular flexibility index (Phi) is 5.20. The van der Waals surface area contributed by atoms with Crippen molar-refractivity contribution >= 4 is 45.8 Å². The minimum absolute atomic E-state index is 0.0318. The summed E-state index contributed by atoms with van der Waals surface area (Å²) in [6.07, 6.45) is -0.0318. The van der Waals surface area contributed by atoms with Gasteiger partial charge in [0.2, 0.25) is 0 Å². The largest absolute Gasteiger partial charge is 0.491 e. The van der Waals surface area contributed by atoms with Crippen LogP contribution in [0.25, 0.3) is 11.0 Å². The molecule has 0 spiro atoms. The number of hydrogen-bond acceptors (Lipinski definition) is 4. The smallest absolute Gasteiger partial charge is 0.337 e. The molecule has 1 aromatic heterocycles. The number of rotatable bonds is 4. The van der Waals surface area contributed by atoms with Gasteiger partial charge in [-0.25, -0.2) is 4.79 Å². The number of carbonyl (C=O) groups is 1. The lowest BCUT2D eigenvalue weighted by Crippen LogP contribution is -2.15. The third kappa shape index (κ3) is 4.00. The first kappa shape index (κ1) is 18.3. The van der Waals surface area contributed by atoms with Crippen LogP contribution in [0.3, 0.4) is 0 Å². The number of amides is 1. The molecule has 26 heavy (non-hydrogen) atoms. The zero-order valence-corrected chi connectivity index (χ0v) is 15.5. The van der Waals surface area contributed by atoms with Gasteiger partial charge in [0.15, 0.2) is 0 Å². The number of nitrogens with one attached hydrogen (secondary N) is 1. The van der Waals surface area contributed by atoms with Crippen LogP contribution in [0.2, 0.25) is 10.0 Å². The Hall–Kier alpha value is -2.50. The Balaban J connectivity index is 2.02. The van der Waals surface area contributed by atoms with E-state index in [2.05, 4.69) is 5.32 Å². The zero-order valence-electron chi connectivity index (χ0n) is 14.0.